The van der Waals surface area contributed by atoms with Crippen LogP contribution in [-0.2, 0) is 32.7 Å². The SMILES string of the molecule is CCCCCCCCC(=O)OC[C@H](COP(=O)(O)OC[C@@H](O)CO)OC(=O)CCCC. The first kappa shape index (κ1) is 30.0. The van der Waals surface area contributed by atoms with Crippen molar-refractivity contribution >= 4 is 19.8 Å². The molecule has 0 radical (unpaired) electrons. The molecule has 0 aromatic rings. The van der Waals surface area contributed by atoms with Crippen molar-refractivity contribution in [2.75, 3.05) is 26.4 Å². The molecule has 11 heteroatoms. The monoisotopic (exact) mass is 470 g/mol. The predicted molar refractivity (Wildman–Crippen MR) is 113 cm³/mol. The summed E-state index contributed by atoms with van der Waals surface area (Å²) in [7, 11) is -4.56. The molecule has 0 aromatic heterocycles. The number of aliphatic hydroxyl groups is 2. The van der Waals surface area contributed by atoms with E-state index in [4.69, 9.17) is 19.1 Å². The van der Waals surface area contributed by atoms with Crippen LogP contribution >= 0.6 is 7.82 Å². The van der Waals surface area contributed by atoms with Gasteiger partial charge in [-0.05, 0) is 12.8 Å². The Kier molecular flexibility index (Phi) is 17.9. The number of aliphatic hydroxyl groups excluding tert-OH is 2. The minimum atomic E-state index is -4.56. The number of phosphoric ester groups is 1. The Labute approximate surface area is 184 Å². The van der Waals surface area contributed by atoms with Crippen molar-refractivity contribution in [3.8, 4) is 0 Å². The van der Waals surface area contributed by atoms with Crippen molar-refractivity contribution in [2.24, 2.45) is 0 Å². The van der Waals surface area contributed by atoms with Crippen LogP contribution < -0.4 is 0 Å². The minimum Gasteiger partial charge on any atom is -0.462 e. The fraction of sp³-hybridized carbons (Fsp3) is 0.900. The minimum absolute atomic E-state index is 0.161. The van der Waals surface area contributed by atoms with Crippen LogP contribution in [0.5, 0.6) is 0 Å². The molecule has 0 amide bonds. The van der Waals surface area contributed by atoms with Crippen LogP contribution in [0, 0.1) is 0 Å². The lowest BCUT2D eigenvalue weighted by Gasteiger charge is -2.20. The fourth-order valence-electron chi connectivity index (χ4n) is 2.44. The highest BCUT2D eigenvalue weighted by Crippen LogP contribution is 2.43. The standard InChI is InChI=1S/C20H39O10P/c1-3-5-7-8-9-10-12-19(23)27-15-18(30-20(24)11-6-4-2)16-29-31(25,26)28-14-17(22)13-21/h17-18,21-22H,3-16H2,1-2H3,(H,25,26)/t17-,18+/m0/s1. The summed E-state index contributed by atoms with van der Waals surface area (Å²) in [6.07, 6.45) is 5.54. The van der Waals surface area contributed by atoms with Crippen LogP contribution in [0.1, 0.15) is 78.1 Å². The first-order chi connectivity index (χ1) is 14.7. The summed E-state index contributed by atoms with van der Waals surface area (Å²) in [6.45, 7) is 1.94. The summed E-state index contributed by atoms with van der Waals surface area (Å²) in [6, 6.07) is 0. The zero-order valence-corrected chi connectivity index (χ0v) is 19.6. The fourth-order valence-corrected chi connectivity index (χ4v) is 3.23. The summed E-state index contributed by atoms with van der Waals surface area (Å²) in [5, 5.41) is 17.9. The van der Waals surface area contributed by atoms with Crippen molar-refractivity contribution in [1.29, 1.82) is 0 Å². The third-order valence-corrected chi connectivity index (χ3v) is 5.21. The van der Waals surface area contributed by atoms with Gasteiger partial charge in [0.05, 0.1) is 19.8 Å². The molecule has 3 N–H and O–H groups in total. The van der Waals surface area contributed by atoms with Gasteiger partial charge in [0.2, 0.25) is 0 Å². The summed E-state index contributed by atoms with van der Waals surface area (Å²) < 4.78 is 31.5. The molecule has 1 unspecified atom stereocenters. The van der Waals surface area contributed by atoms with Crippen molar-refractivity contribution < 1.29 is 47.8 Å². The second-order valence-corrected chi connectivity index (χ2v) is 8.77. The first-order valence-corrected chi connectivity index (χ1v) is 12.5. The zero-order chi connectivity index (χ0) is 23.5. The third-order valence-electron chi connectivity index (χ3n) is 4.26. The normalized spacial score (nSPS) is 15.1. The van der Waals surface area contributed by atoms with E-state index < -0.39 is 51.8 Å². The number of esters is 2. The van der Waals surface area contributed by atoms with E-state index in [1.807, 2.05) is 6.92 Å². The molecule has 0 rings (SSSR count). The van der Waals surface area contributed by atoms with Gasteiger partial charge in [-0.15, -0.1) is 0 Å². The van der Waals surface area contributed by atoms with Crippen molar-refractivity contribution in [3.05, 3.63) is 0 Å². The highest BCUT2D eigenvalue weighted by atomic mass is 31.2. The average molecular weight is 470 g/mol. The van der Waals surface area contributed by atoms with E-state index in [1.165, 1.54) is 6.42 Å². The summed E-state index contributed by atoms with van der Waals surface area (Å²) in [5.74, 6) is -0.980. The molecule has 31 heavy (non-hydrogen) atoms. The highest BCUT2D eigenvalue weighted by molar-refractivity contribution is 7.47. The van der Waals surface area contributed by atoms with Gasteiger partial charge in [0.25, 0.3) is 0 Å². The highest BCUT2D eigenvalue weighted by Gasteiger charge is 2.27. The third kappa shape index (κ3) is 18.3. The Morgan fingerprint density at radius 1 is 0.839 bits per heavy atom. The van der Waals surface area contributed by atoms with Crippen LogP contribution in [0.3, 0.4) is 0 Å². The summed E-state index contributed by atoms with van der Waals surface area (Å²) >= 11 is 0. The molecule has 10 nitrogen and oxygen atoms in total. The second kappa shape index (κ2) is 18.5. The van der Waals surface area contributed by atoms with E-state index >= 15 is 0 Å². The van der Waals surface area contributed by atoms with Gasteiger partial charge in [-0.3, -0.25) is 18.6 Å². The van der Waals surface area contributed by atoms with Crippen LogP contribution in [-0.4, -0.2) is 65.7 Å². The lowest BCUT2D eigenvalue weighted by Crippen LogP contribution is -2.29. The number of ether oxygens (including phenoxy) is 2. The summed E-state index contributed by atoms with van der Waals surface area (Å²) in [5.41, 5.74) is 0. The maximum absolute atomic E-state index is 11.9. The zero-order valence-electron chi connectivity index (χ0n) is 18.7. The molecule has 184 valence electrons. The van der Waals surface area contributed by atoms with Gasteiger partial charge >= 0.3 is 19.8 Å². The Bertz CT molecular complexity index is 528. The molecular formula is C20H39O10P. The lowest BCUT2D eigenvalue weighted by atomic mass is 10.1. The molecule has 0 bridgehead atoms. The Morgan fingerprint density at radius 3 is 2.06 bits per heavy atom. The smallest absolute Gasteiger partial charge is 0.462 e. The lowest BCUT2D eigenvalue weighted by molar-refractivity contribution is -0.161. The van der Waals surface area contributed by atoms with E-state index in [0.29, 0.717) is 12.8 Å². The maximum atomic E-state index is 11.9. The van der Waals surface area contributed by atoms with Gasteiger partial charge in [0, 0.05) is 12.8 Å². The number of unbranched alkanes of at least 4 members (excludes halogenated alkanes) is 6. The first-order valence-electron chi connectivity index (χ1n) is 11.0. The summed E-state index contributed by atoms with van der Waals surface area (Å²) in [4.78, 5) is 33.4. The largest absolute Gasteiger partial charge is 0.472 e. The number of rotatable bonds is 20. The van der Waals surface area contributed by atoms with Gasteiger partial charge in [-0.2, -0.15) is 0 Å². The van der Waals surface area contributed by atoms with Crippen LogP contribution in [0.25, 0.3) is 0 Å². The quantitative estimate of drug-likeness (QED) is 0.138. The van der Waals surface area contributed by atoms with Gasteiger partial charge in [0.1, 0.15) is 12.7 Å². The molecule has 0 aliphatic rings. The molecule has 0 heterocycles. The van der Waals surface area contributed by atoms with Crippen LogP contribution in [0.2, 0.25) is 0 Å². The van der Waals surface area contributed by atoms with E-state index in [0.717, 1.165) is 32.1 Å². The van der Waals surface area contributed by atoms with E-state index in [1.54, 1.807) is 0 Å². The Balaban J connectivity index is 4.50. The molecular weight excluding hydrogens is 431 g/mol. The van der Waals surface area contributed by atoms with Crippen LogP contribution in [0.15, 0.2) is 0 Å². The van der Waals surface area contributed by atoms with Crippen molar-refractivity contribution in [1.82, 2.24) is 0 Å². The topological polar surface area (TPSA) is 149 Å². The molecule has 0 spiro atoms. The second-order valence-electron chi connectivity index (χ2n) is 7.31. The van der Waals surface area contributed by atoms with E-state index in [9.17, 15) is 24.2 Å². The van der Waals surface area contributed by atoms with Gasteiger partial charge < -0.3 is 24.6 Å². The molecule has 0 aromatic carbocycles. The van der Waals surface area contributed by atoms with E-state index in [2.05, 4.69) is 11.4 Å². The van der Waals surface area contributed by atoms with E-state index in [-0.39, 0.29) is 19.4 Å². The van der Waals surface area contributed by atoms with Crippen molar-refractivity contribution in [2.45, 2.75) is 90.3 Å². The molecule has 0 fully saturated rings. The van der Waals surface area contributed by atoms with Gasteiger partial charge in [0.15, 0.2) is 6.10 Å². The molecule has 0 aliphatic carbocycles. The molecule has 0 saturated heterocycles. The van der Waals surface area contributed by atoms with Gasteiger partial charge in [-0.25, -0.2) is 4.57 Å². The average Bonchev–Trinajstić information content (AvgIpc) is 2.74. The number of carbonyl (C=O) groups excluding carboxylic acids is 2. The Morgan fingerprint density at radius 2 is 1.42 bits per heavy atom. The Hall–Kier alpha value is -1.03. The number of hydrogen-bond acceptors (Lipinski definition) is 9. The molecule has 3 atom stereocenters. The predicted octanol–water partition coefficient (Wildman–Crippen LogP) is 2.87. The van der Waals surface area contributed by atoms with Crippen LogP contribution in [0.4, 0.5) is 0 Å². The van der Waals surface area contributed by atoms with Gasteiger partial charge in [-0.1, -0.05) is 52.4 Å². The number of phosphoric acid groups is 1. The number of hydrogen-bond donors (Lipinski definition) is 3. The molecule has 0 saturated carbocycles. The maximum Gasteiger partial charge on any atom is 0.472 e. The number of carbonyl (C=O) groups is 2. The van der Waals surface area contributed by atoms with Crippen molar-refractivity contribution in [3.63, 3.8) is 0 Å². The molecule has 0 aliphatic heterocycles.